The summed E-state index contributed by atoms with van der Waals surface area (Å²) >= 11 is 0. The van der Waals surface area contributed by atoms with Crippen molar-refractivity contribution in [3.05, 3.63) is 77.0 Å². The van der Waals surface area contributed by atoms with E-state index in [0.29, 0.717) is 17.8 Å². The third kappa shape index (κ3) is 3.97. The lowest BCUT2D eigenvalue weighted by Crippen LogP contribution is -2.49. The second-order valence-electron chi connectivity index (χ2n) is 7.21. The molecule has 0 saturated carbocycles. The Kier molecular flexibility index (Phi) is 5.51. The molecule has 2 heterocycles. The molecule has 0 fully saturated rings. The zero-order chi connectivity index (χ0) is 20.2. The van der Waals surface area contributed by atoms with Crippen LogP contribution in [0.5, 0.6) is 0 Å². The molecule has 2 N–H and O–H groups in total. The summed E-state index contributed by atoms with van der Waals surface area (Å²) in [5, 5.41) is 5.75. The number of para-hydroxylation sites is 1. The number of ether oxygens (including phenoxy) is 1. The number of amides is 2. The lowest BCUT2D eigenvalue weighted by atomic mass is 9.94. The van der Waals surface area contributed by atoms with Gasteiger partial charge in [0.1, 0.15) is 0 Å². The van der Waals surface area contributed by atoms with Crippen molar-refractivity contribution in [3.63, 3.8) is 0 Å². The van der Waals surface area contributed by atoms with Crippen LogP contribution in [-0.4, -0.2) is 31.7 Å². The molecule has 2 aromatic rings. The Morgan fingerprint density at radius 2 is 1.90 bits per heavy atom. The fourth-order valence-electron chi connectivity index (χ4n) is 4.05. The van der Waals surface area contributed by atoms with Crippen LogP contribution in [-0.2, 0) is 16.0 Å². The minimum Gasteiger partial charge on any atom is -0.463 e. The van der Waals surface area contributed by atoms with Gasteiger partial charge in [-0.15, -0.1) is 0 Å². The van der Waals surface area contributed by atoms with E-state index in [2.05, 4.69) is 27.7 Å². The Morgan fingerprint density at radius 1 is 1.14 bits per heavy atom. The topological polar surface area (TPSA) is 70.7 Å². The number of rotatable bonds is 5. The van der Waals surface area contributed by atoms with Crippen LogP contribution in [0.15, 0.2) is 65.9 Å². The number of nitrogens with zero attached hydrogens (tertiary/aromatic N) is 1. The molecule has 0 spiro atoms. The zero-order valence-corrected chi connectivity index (χ0v) is 16.5. The molecule has 1 atom stereocenters. The van der Waals surface area contributed by atoms with Crippen LogP contribution in [0.25, 0.3) is 0 Å². The highest BCUT2D eigenvalue weighted by molar-refractivity contribution is 5.95. The predicted octanol–water partition coefficient (Wildman–Crippen LogP) is 3.31. The zero-order valence-electron chi connectivity index (χ0n) is 16.5. The lowest BCUT2D eigenvalue weighted by molar-refractivity contribution is -0.139. The SMILES string of the molecule is CCOC(=O)C1=C(CN2CCCc3ccccc32)NC(=O)N[C@@H]1c1ccccc1. The van der Waals surface area contributed by atoms with Crippen LogP contribution < -0.4 is 15.5 Å². The average Bonchev–Trinajstić information content (AvgIpc) is 2.74. The molecule has 2 aliphatic rings. The predicted molar refractivity (Wildman–Crippen MR) is 111 cm³/mol. The standard InChI is InChI=1S/C23H25N3O3/c1-2-29-22(27)20-18(15-26-14-8-12-16-9-6-7-13-19(16)26)24-23(28)25-21(20)17-10-4-3-5-11-17/h3-7,9-11,13,21H,2,8,12,14-15H2,1H3,(H2,24,25,28)/t21-/m1/s1. The Hall–Kier alpha value is -3.28. The summed E-state index contributed by atoms with van der Waals surface area (Å²) in [4.78, 5) is 27.6. The first-order valence-corrected chi connectivity index (χ1v) is 10.0. The number of esters is 1. The van der Waals surface area contributed by atoms with Crippen molar-refractivity contribution in [2.45, 2.75) is 25.8 Å². The minimum atomic E-state index is -0.543. The van der Waals surface area contributed by atoms with Crippen molar-refractivity contribution in [2.24, 2.45) is 0 Å². The molecule has 2 amide bonds. The van der Waals surface area contributed by atoms with Crippen LogP contribution in [0.2, 0.25) is 0 Å². The molecule has 0 saturated heterocycles. The van der Waals surface area contributed by atoms with E-state index in [1.54, 1.807) is 6.92 Å². The molecule has 0 radical (unpaired) electrons. The number of hydrogen-bond donors (Lipinski definition) is 2. The van der Waals surface area contributed by atoms with Crippen LogP contribution >= 0.6 is 0 Å². The number of fused-ring (bicyclic) bond motifs is 1. The molecule has 0 aromatic heterocycles. The quantitative estimate of drug-likeness (QED) is 0.767. The van der Waals surface area contributed by atoms with Gasteiger partial charge in [0.15, 0.2) is 0 Å². The first-order chi connectivity index (χ1) is 14.2. The number of nitrogens with one attached hydrogen (secondary N) is 2. The smallest absolute Gasteiger partial charge is 0.338 e. The molecular weight excluding hydrogens is 366 g/mol. The van der Waals surface area contributed by atoms with Gasteiger partial charge in [0.2, 0.25) is 0 Å². The highest BCUT2D eigenvalue weighted by Gasteiger charge is 2.34. The molecule has 0 bridgehead atoms. The van der Waals surface area contributed by atoms with Crippen LogP contribution in [0, 0.1) is 0 Å². The van der Waals surface area contributed by atoms with Gasteiger partial charge in [0.05, 0.1) is 30.5 Å². The minimum absolute atomic E-state index is 0.275. The van der Waals surface area contributed by atoms with Gasteiger partial charge in [-0.1, -0.05) is 48.5 Å². The second-order valence-corrected chi connectivity index (χ2v) is 7.21. The van der Waals surface area contributed by atoms with Gasteiger partial charge < -0.3 is 20.3 Å². The van der Waals surface area contributed by atoms with Gasteiger partial charge in [-0.25, -0.2) is 9.59 Å². The van der Waals surface area contributed by atoms with Crippen LogP contribution in [0.4, 0.5) is 10.5 Å². The normalized spacial score (nSPS) is 18.6. The Morgan fingerprint density at radius 3 is 2.69 bits per heavy atom. The van der Waals surface area contributed by atoms with E-state index in [4.69, 9.17) is 4.74 Å². The fourth-order valence-corrected chi connectivity index (χ4v) is 4.05. The summed E-state index contributed by atoms with van der Waals surface area (Å²) in [6.45, 7) is 3.38. The largest absolute Gasteiger partial charge is 0.463 e. The molecule has 2 aliphatic heterocycles. The Bertz CT molecular complexity index is 939. The lowest BCUT2D eigenvalue weighted by Gasteiger charge is -2.35. The maximum Gasteiger partial charge on any atom is 0.338 e. The Labute approximate surface area is 170 Å². The van der Waals surface area contributed by atoms with Gasteiger partial charge in [-0.2, -0.15) is 0 Å². The van der Waals surface area contributed by atoms with E-state index in [-0.39, 0.29) is 12.6 Å². The average molecular weight is 391 g/mol. The number of carbonyl (C=O) groups excluding carboxylic acids is 2. The summed E-state index contributed by atoms with van der Waals surface area (Å²) in [6.07, 6.45) is 2.07. The van der Waals surface area contributed by atoms with E-state index in [1.807, 2.05) is 42.5 Å². The summed E-state index contributed by atoms with van der Waals surface area (Å²) in [5.41, 5.74) is 4.34. The van der Waals surface area contributed by atoms with E-state index in [9.17, 15) is 9.59 Å². The fraction of sp³-hybridized carbons (Fsp3) is 0.304. The van der Waals surface area contributed by atoms with Crippen molar-refractivity contribution in [1.29, 1.82) is 0 Å². The first-order valence-electron chi connectivity index (χ1n) is 10.0. The van der Waals surface area contributed by atoms with Crippen molar-refractivity contribution in [3.8, 4) is 0 Å². The van der Waals surface area contributed by atoms with E-state index in [0.717, 1.165) is 30.6 Å². The molecule has 0 aliphatic carbocycles. The number of benzene rings is 2. The number of urea groups is 1. The van der Waals surface area contributed by atoms with Gasteiger partial charge in [0, 0.05) is 12.2 Å². The number of anilines is 1. The Balaban J connectivity index is 1.74. The summed E-state index contributed by atoms with van der Waals surface area (Å²) in [6, 6.07) is 16.9. The van der Waals surface area contributed by atoms with Gasteiger partial charge in [-0.3, -0.25) is 0 Å². The maximum absolute atomic E-state index is 12.9. The van der Waals surface area contributed by atoms with E-state index >= 15 is 0 Å². The highest BCUT2D eigenvalue weighted by atomic mass is 16.5. The van der Waals surface area contributed by atoms with Gasteiger partial charge in [0.25, 0.3) is 0 Å². The molecule has 29 heavy (non-hydrogen) atoms. The van der Waals surface area contributed by atoms with E-state index in [1.165, 1.54) is 5.56 Å². The molecule has 0 unspecified atom stereocenters. The first kappa shape index (κ1) is 19.1. The monoisotopic (exact) mass is 391 g/mol. The van der Waals surface area contributed by atoms with Crippen molar-refractivity contribution in [2.75, 3.05) is 24.6 Å². The second kappa shape index (κ2) is 8.39. The summed E-state index contributed by atoms with van der Waals surface area (Å²) < 4.78 is 5.35. The molecule has 2 aromatic carbocycles. The maximum atomic E-state index is 12.9. The molecule has 150 valence electrons. The highest BCUT2D eigenvalue weighted by Crippen LogP contribution is 2.31. The third-order valence-electron chi connectivity index (χ3n) is 5.34. The van der Waals surface area contributed by atoms with Crippen LogP contribution in [0.3, 0.4) is 0 Å². The van der Waals surface area contributed by atoms with Crippen LogP contribution in [0.1, 0.15) is 30.5 Å². The molecular formula is C23H25N3O3. The summed E-state index contributed by atoms with van der Waals surface area (Å²) in [5.74, 6) is -0.408. The van der Waals surface area contributed by atoms with Crippen molar-refractivity contribution in [1.82, 2.24) is 10.6 Å². The third-order valence-corrected chi connectivity index (χ3v) is 5.34. The summed E-state index contributed by atoms with van der Waals surface area (Å²) in [7, 11) is 0. The molecule has 6 nitrogen and oxygen atoms in total. The van der Waals surface area contributed by atoms with Crippen molar-refractivity contribution < 1.29 is 14.3 Å². The molecule has 4 rings (SSSR count). The number of hydrogen-bond acceptors (Lipinski definition) is 4. The van der Waals surface area contributed by atoms with Gasteiger partial charge >= 0.3 is 12.0 Å². The number of carbonyl (C=O) groups is 2. The van der Waals surface area contributed by atoms with E-state index < -0.39 is 12.0 Å². The molecule has 6 heteroatoms. The van der Waals surface area contributed by atoms with Gasteiger partial charge in [-0.05, 0) is 37.0 Å². The van der Waals surface area contributed by atoms with Crippen molar-refractivity contribution >= 4 is 17.7 Å². The number of aryl methyl sites for hydroxylation is 1.